The predicted octanol–water partition coefficient (Wildman–Crippen LogP) is 1.12. The van der Waals surface area contributed by atoms with Crippen molar-refractivity contribution in [3.63, 3.8) is 0 Å². The van der Waals surface area contributed by atoms with E-state index in [-0.39, 0.29) is 5.56 Å². The Balaban J connectivity index is 1.70. The summed E-state index contributed by atoms with van der Waals surface area (Å²) >= 11 is 0. The number of pyridine rings is 2. The molecule has 1 fully saturated rings. The molecule has 106 valence electrons. The van der Waals surface area contributed by atoms with Crippen LogP contribution in [0, 0.1) is 0 Å². The van der Waals surface area contributed by atoms with Crippen LogP contribution in [-0.4, -0.2) is 47.3 Å². The van der Waals surface area contributed by atoms with Gasteiger partial charge in [0.05, 0.1) is 18.7 Å². The second-order valence-corrected chi connectivity index (χ2v) is 5.07. The topological polar surface area (TPSA) is 47.4 Å². The fourth-order valence-electron chi connectivity index (χ4n) is 2.65. The van der Waals surface area contributed by atoms with Gasteiger partial charge in [-0.05, 0) is 18.6 Å². The van der Waals surface area contributed by atoms with Crippen LogP contribution in [0.1, 0.15) is 6.42 Å². The van der Waals surface area contributed by atoms with Gasteiger partial charge < -0.3 is 9.30 Å². The Kier molecular flexibility index (Phi) is 4.08. The van der Waals surface area contributed by atoms with Gasteiger partial charge in [-0.25, -0.2) is 0 Å². The van der Waals surface area contributed by atoms with E-state index in [2.05, 4.69) is 9.88 Å². The van der Waals surface area contributed by atoms with E-state index in [4.69, 9.17) is 4.74 Å². The van der Waals surface area contributed by atoms with Crippen LogP contribution < -0.4 is 5.56 Å². The molecule has 0 amide bonds. The van der Waals surface area contributed by atoms with Crippen LogP contribution in [0.15, 0.2) is 35.4 Å². The van der Waals surface area contributed by atoms with Crippen LogP contribution in [0.3, 0.4) is 0 Å². The minimum Gasteiger partial charge on any atom is -0.379 e. The summed E-state index contributed by atoms with van der Waals surface area (Å²) in [6.07, 6.45) is 4.51. The average molecular weight is 273 g/mol. The van der Waals surface area contributed by atoms with E-state index in [0.29, 0.717) is 0 Å². The smallest absolute Gasteiger partial charge is 0.251 e. The summed E-state index contributed by atoms with van der Waals surface area (Å²) in [6.45, 7) is 5.39. The summed E-state index contributed by atoms with van der Waals surface area (Å²) in [5, 5.41) is 1.01. The van der Waals surface area contributed by atoms with Gasteiger partial charge in [0, 0.05) is 50.0 Å². The molecule has 0 N–H and O–H groups in total. The zero-order valence-electron chi connectivity index (χ0n) is 11.5. The van der Waals surface area contributed by atoms with Gasteiger partial charge in [0.1, 0.15) is 0 Å². The Bertz CT molecular complexity index is 632. The van der Waals surface area contributed by atoms with Crippen LogP contribution in [0.25, 0.3) is 10.9 Å². The maximum absolute atomic E-state index is 12.0. The lowest BCUT2D eigenvalue weighted by atomic mass is 10.2. The van der Waals surface area contributed by atoms with Crippen molar-refractivity contribution in [1.29, 1.82) is 0 Å². The SMILES string of the molecule is O=c1ccc2cnccc2n1CCCN1CCOCC1. The standard InChI is InChI=1S/C15H19N3O2/c19-15-3-2-13-12-16-5-4-14(13)18(15)7-1-6-17-8-10-20-11-9-17/h2-5,12H,1,6-11H2. The van der Waals surface area contributed by atoms with Crippen molar-refractivity contribution >= 4 is 10.9 Å². The summed E-state index contributed by atoms with van der Waals surface area (Å²) in [5.74, 6) is 0. The average Bonchev–Trinajstić information content (AvgIpc) is 2.50. The number of aromatic nitrogens is 2. The lowest BCUT2D eigenvalue weighted by Crippen LogP contribution is -2.37. The summed E-state index contributed by atoms with van der Waals surface area (Å²) < 4.78 is 7.18. The number of fused-ring (bicyclic) bond motifs is 1. The van der Waals surface area contributed by atoms with Crippen LogP contribution in [0.4, 0.5) is 0 Å². The van der Waals surface area contributed by atoms with Crippen LogP contribution >= 0.6 is 0 Å². The van der Waals surface area contributed by atoms with E-state index in [9.17, 15) is 4.79 Å². The molecule has 0 radical (unpaired) electrons. The van der Waals surface area contributed by atoms with Crippen LogP contribution in [0.2, 0.25) is 0 Å². The fourth-order valence-corrected chi connectivity index (χ4v) is 2.65. The minimum atomic E-state index is 0.0608. The van der Waals surface area contributed by atoms with Gasteiger partial charge in [-0.2, -0.15) is 0 Å². The Morgan fingerprint density at radius 1 is 1.15 bits per heavy atom. The van der Waals surface area contributed by atoms with E-state index in [1.165, 1.54) is 0 Å². The molecule has 0 aromatic carbocycles. The molecular formula is C15H19N3O2. The third-order valence-electron chi connectivity index (χ3n) is 3.75. The molecule has 0 spiro atoms. The Labute approximate surface area is 117 Å². The zero-order chi connectivity index (χ0) is 13.8. The monoisotopic (exact) mass is 273 g/mol. The predicted molar refractivity (Wildman–Crippen MR) is 77.9 cm³/mol. The Morgan fingerprint density at radius 2 is 2.00 bits per heavy atom. The summed E-state index contributed by atoms with van der Waals surface area (Å²) in [5.41, 5.74) is 1.03. The van der Waals surface area contributed by atoms with Gasteiger partial charge in [0.2, 0.25) is 0 Å². The zero-order valence-corrected chi connectivity index (χ0v) is 11.5. The highest BCUT2D eigenvalue weighted by atomic mass is 16.5. The molecule has 3 rings (SSSR count). The molecule has 5 heteroatoms. The van der Waals surface area contributed by atoms with E-state index in [0.717, 1.165) is 56.7 Å². The molecule has 2 aromatic heterocycles. The lowest BCUT2D eigenvalue weighted by Gasteiger charge is -2.26. The molecule has 20 heavy (non-hydrogen) atoms. The van der Waals surface area contributed by atoms with Crippen molar-refractivity contribution in [3.05, 3.63) is 40.9 Å². The summed E-state index contributed by atoms with van der Waals surface area (Å²) in [4.78, 5) is 18.5. The first-order chi connectivity index (χ1) is 9.84. The molecular weight excluding hydrogens is 254 g/mol. The van der Waals surface area contributed by atoms with Gasteiger partial charge >= 0.3 is 0 Å². The van der Waals surface area contributed by atoms with E-state index < -0.39 is 0 Å². The van der Waals surface area contributed by atoms with Crippen molar-refractivity contribution < 1.29 is 4.74 Å². The van der Waals surface area contributed by atoms with Gasteiger partial charge in [0.15, 0.2) is 0 Å². The van der Waals surface area contributed by atoms with Crippen LogP contribution in [0.5, 0.6) is 0 Å². The van der Waals surface area contributed by atoms with Gasteiger partial charge in [-0.1, -0.05) is 0 Å². The normalized spacial score (nSPS) is 16.6. The molecule has 0 saturated carbocycles. The van der Waals surface area contributed by atoms with E-state index >= 15 is 0 Å². The minimum absolute atomic E-state index is 0.0608. The number of hydrogen-bond donors (Lipinski definition) is 0. The number of nitrogens with zero attached hydrogens (tertiary/aromatic N) is 3. The van der Waals surface area contributed by atoms with Crippen molar-refractivity contribution in [2.45, 2.75) is 13.0 Å². The molecule has 0 unspecified atom stereocenters. The molecule has 0 atom stereocenters. The molecule has 0 bridgehead atoms. The number of rotatable bonds is 4. The first-order valence-corrected chi connectivity index (χ1v) is 7.08. The number of morpholine rings is 1. The highest BCUT2D eigenvalue weighted by molar-refractivity contribution is 5.77. The third-order valence-corrected chi connectivity index (χ3v) is 3.75. The molecule has 1 saturated heterocycles. The number of hydrogen-bond acceptors (Lipinski definition) is 4. The van der Waals surface area contributed by atoms with Crippen molar-refractivity contribution in [1.82, 2.24) is 14.5 Å². The van der Waals surface area contributed by atoms with Gasteiger partial charge in [-0.3, -0.25) is 14.7 Å². The summed E-state index contributed by atoms with van der Waals surface area (Å²) in [7, 11) is 0. The highest BCUT2D eigenvalue weighted by Crippen LogP contribution is 2.10. The third kappa shape index (κ3) is 2.89. The largest absolute Gasteiger partial charge is 0.379 e. The second kappa shape index (κ2) is 6.15. The Hall–Kier alpha value is -1.72. The molecule has 3 heterocycles. The number of ether oxygens (including phenoxy) is 1. The second-order valence-electron chi connectivity index (χ2n) is 5.07. The van der Waals surface area contributed by atoms with E-state index in [1.807, 2.05) is 16.7 Å². The molecule has 5 nitrogen and oxygen atoms in total. The summed E-state index contributed by atoms with van der Waals surface area (Å²) in [6, 6.07) is 5.37. The molecule has 2 aromatic rings. The first-order valence-electron chi connectivity index (χ1n) is 7.08. The highest BCUT2D eigenvalue weighted by Gasteiger charge is 2.10. The lowest BCUT2D eigenvalue weighted by molar-refractivity contribution is 0.0369. The van der Waals surface area contributed by atoms with Crippen LogP contribution in [-0.2, 0) is 11.3 Å². The first kappa shape index (κ1) is 13.3. The molecule has 1 aliphatic rings. The van der Waals surface area contributed by atoms with Crippen molar-refractivity contribution in [2.24, 2.45) is 0 Å². The maximum atomic E-state index is 12.0. The van der Waals surface area contributed by atoms with E-state index in [1.54, 1.807) is 18.5 Å². The maximum Gasteiger partial charge on any atom is 0.251 e. The van der Waals surface area contributed by atoms with Crippen molar-refractivity contribution in [2.75, 3.05) is 32.8 Å². The van der Waals surface area contributed by atoms with Crippen molar-refractivity contribution in [3.8, 4) is 0 Å². The van der Waals surface area contributed by atoms with Gasteiger partial charge in [0.25, 0.3) is 5.56 Å². The fraction of sp³-hybridized carbons (Fsp3) is 0.467. The Morgan fingerprint density at radius 3 is 2.85 bits per heavy atom. The molecule has 1 aliphatic heterocycles. The molecule has 0 aliphatic carbocycles. The van der Waals surface area contributed by atoms with Gasteiger partial charge in [-0.15, -0.1) is 0 Å². The number of aryl methyl sites for hydroxylation is 1. The quantitative estimate of drug-likeness (QED) is 0.837.